The summed E-state index contributed by atoms with van der Waals surface area (Å²) in [6, 6.07) is -4.02. The molecule has 32 heavy (non-hydrogen) atoms. The molecule has 20 heteroatoms. The van der Waals surface area contributed by atoms with E-state index in [2.05, 4.69) is 9.47 Å². The van der Waals surface area contributed by atoms with E-state index in [0.29, 0.717) is 0 Å². The van der Waals surface area contributed by atoms with Crippen LogP contribution in [0.2, 0.25) is 0 Å². The molecular formula is C12H6F14O6. The van der Waals surface area contributed by atoms with Gasteiger partial charge in [0, 0.05) is 0 Å². The molecule has 1 atom stereocenters. The molecule has 0 rings (SSSR count). The van der Waals surface area contributed by atoms with Crippen LogP contribution in [-0.2, 0) is 28.5 Å². The van der Waals surface area contributed by atoms with E-state index in [4.69, 9.17) is 0 Å². The minimum absolute atomic E-state index is 0.151. The zero-order chi connectivity index (χ0) is 26.1. The molecule has 0 amide bonds. The van der Waals surface area contributed by atoms with E-state index >= 15 is 0 Å². The second-order valence-electron chi connectivity index (χ2n) is 5.08. The Bertz CT molecular complexity index is 730. The van der Waals surface area contributed by atoms with Crippen molar-refractivity contribution in [3.05, 3.63) is 12.1 Å². The summed E-state index contributed by atoms with van der Waals surface area (Å²) in [4.78, 5) is 21.8. The highest BCUT2D eigenvalue weighted by molar-refractivity contribution is 5.84. The van der Waals surface area contributed by atoms with E-state index in [0.717, 1.165) is 0 Å². The first kappa shape index (κ1) is 29.5. The van der Waals surface area contributed by atoms with Crippen LogP contribution in [0.5, 0.6) is 0 Å². The Morgan fingerprint density at radius 2 is 0.969 bits per heavy atom. The first-order valence-electron chi connectivity index (χ1n) is 6.85. The lowest BCUT2D eigenvalue weighted by atomic mass is 10.0. The van der Waals surface area contributed by atoms with Gasteiger partial charge in [-0.25, -0.2) is 9.59 Å². The maximum atomic E-state index is 14.6. The monoisotopic (exact) mass is 512 g/mol. The first-order valence-corrected chi connectivity index (χ1v) is 6.85. The van der Waals surface area contributed by atoms with Crippen LogP contribution >= 0.6 is 0 Å². The maximum Gasteiger partial charge on any atom is 0.471 e. The van der Waals surface area contributed by atoms with Gasteiger partial charge in [-0.05, 0) is 0 Å². The van der Waals surface area contributed by atoms with Crippen molar-refractivity contribution < 1.29 is 90.0 Å². The first-order chi connectivity index (χ1) is 14.0. The van der Waals surface area contributed by atoms with E-state index in [-0.39, 0.29) is 14.2 Å². The van der Waals surface area contributed by atoms with Gasteiger partial charge in [-0.2, -0.15) is 61.5 Å². The van der Waals surface area contributed by atoms with Crippen LogP contribution in [0, 0.1) is 0 Å². The third kappa shape index (κ3) is 4.63. The van der Waals surface area contributed by atoms with Gasteiger partial charge in [0.05, 0.1) is 14.2 Å². The zero-order valence-electron chi connectivity index (χ0n) is 14.7. The van der Waals surface area contributed by atoms with Crippen LogP contribution in [0.3, 0.4) is 0 Å². The van der Waals surface area contributed by atoms with Crippen molar-refractivity contribution in [1.29, 1.82) is 0 Å². The second-order valence-corrected chi connectivity index (χ2v) is 5.08. The lowest BCUT2D eigenvalue weighted by molar-refractivity contribution is -0.509. The summed E-state index contributed by atoms with van der Waals surface area (Å²) < 4.78 is 196. The third-order valence-corrected chi connectivity index (χ3v) is 3.08. The van der Waals surface area contributed by atoms with Crippen molar-refractivity contribution in [3.63, 3.8) is 0 Å². The molecule has 0 aliphatic carbocycles. The highest BCUT2D eigenvalue weighted by Crippen LogP contribution is 2.56. The van der Waals surface area contributed by atoms with Crippen LogP contribution in [0.25, 0.3) is 0 Å². The molecule has 0 bridgehead atoms. The molecule has 0 radical (unpaired) electrons. The van der Waals surface area contributed by atoms with E-state index in [1.165, 1.54) is 0 Å². The smallest absolute Gasteiger partial charge is 0.464 e. The number of hydrogen-bond acceptors (Lipinski definition) is 6. The molecule has 0 saturated carbocycles. The fourth-order valence-electron chi connectivity index (χ4n) is 1.54. The summed E-state index contributed by atoms with van der Waals surface area (Å²) in [7, 11) is -0.303. The average molecular weight is 512 g/mol. The number of rotatable bonds is 9. The summed E-state index contributed by atoms with van der Waals surface area (Å²) in [5, 5.41) is 0. The molecule has 0 aliphatic heterocycles. The molecule has 0 heterocycles. The van der Waals surface area contributed by atoms with Crippen molar-refractivity contribution in [1.82, 2.24) is 0 Å². The van der Waals surface area contributed by atoms with Crippen LogP contribution in [0.15, 0.2) is 12.1 Å². The van der Waals surface area contributed by atoms with Gasteiger partial charge >= 0.3 is 59.9 Å². The molecule has 0 N–H and O–H groups in total. The molecule has 6 nitrogen and oxygen atoms in total. The Labute approximate surface area is 165 Å². The van der Waals surface area contributed by atoms with Gasteiger partial charge in [-0.15, -0.1) is 0 Å². The van der Waals surface area contributed by atoms with Crippen LogP contribution in [0.1, 0.15) is 0 Å². The predicted molar refractivity (Wildman–Crippen MR) is 65.1 cm³/mol. The van der Waals surface area contributed by atoms with Crippen molar-refractivity contribution in [3.8, 4) is 0 Å². The number of carbonyl (C=O) groups is 2. The maximum absolute atomic E-state index is 14.6. The predicted octanol–water partition coefficient (Wildman–Crippen LogP) is 4.16. The van der Waals surface area contributed by atoms with Gasteiger partial charge < -0.3 is 14.2 Å². The van der Waals surface area contributed by atoms with Crippen LogP contribution < -0.4 is 0 Å². The highest BCUT2D eigenvalue weighted by atomic mass is 19.4. The SMILES string of the molecule is COC(=O)C(F)(F)C(F)(OC(F)(C(F)(F)F)C(F)(F)OC(F)=C(F)F)C(F)(F)C(=O)OC. The lowest BCUT2D eigenvalue weighted by Gasteiger charge is -2.41. The zero-order valence-corrected chi connectivity index (χ0v) is 14.7. The second kappa shape index (κ2) is 8.77. The fraction of sp³-hybridized carbons (Fsp3) is 0.667. The lowest BCUT2D eigenvalue weighted by Crippen LogP contribution is -2.72. The van der Waals surface area contributed by atoms with Gasteiger partial charge in [0.25, 0.3) is 0 Å². The normalized spacial score (nSPS) is 15.5. The number of methoxy groups -OCH3 is 2. The van der Waals surface area contributed by atoms with Gasteiger partial charge in [-0.1, -0.05) is 0 Å². The number of carbonyl (C=O) groups excluding carboxylic acids is 2. The van der Waals surface area contributed by atoms with E-state index < -0.39 is 59.9 Å². The summed E-state index contributed by atoms with van der Waals surface area (Å²) in [5.41, 5.74) is 0. The van der Waals surface area contributed by atoms with E-state index in [1.54, 1.807) is 0 Å². The highest BCUT2D eigenvalue weighted by Gasteiger charge is 2.87. The minimum atomic E-state index is -7.70. The van der Waals surface area contributed by atoms with Crippen LogP contribution in [0.4, 0.5) is 61.5 Å². The van der Waals surface area contributed by atoms with Crippen molar-refractivity contribution in [2.75, 3.05) is 14.2 Å². The van der Waals surface area contributed by atoms with E-state index in [1.807, 2.05) is 9.47 Å². The van der Waals surface area contributed by atoms with Crippen molar-refractivity contribution >= 4 is 11.9 Å². The van der Waals surface area contributed by atoms with Gasteiger partial charge in [0.1, 0.15) is 0 Å². The van der Waals surface area contributed by atoms with Crippen molar-refractivity contribution in [2.24, 2.45) is 0 Å². The van der Waals surface area contributed by atoms with Gasteiger partial charge in [0.2, 0.25) is 0 Å². The molecule has 0 aliphatic rings. The molecule has 0 aromatic heterocycles. The topological polar surface area (TPSA) is 71.1 Å². The summed E-state index contributed by atoms with van der Waals surface area (Å²) in [6.07, 6.45) is -19.1. The number of hydrogen-bond donors (Lipinski definition) is 0. The average Bonchev–Trinajstić information content (AvgIpc) is 2.64. The Balaban J connectivity index is 7.18. The van der Waals surface area contributed by atoms with Gasteiger partial charge in [-0.3, -0.25) is 4.74 Å². The van der Waals surface area contributed by atoms with E-state index in [9.17, 15) is 71.1 Å². The molecule has 0 aromatic carbocycles. The van der Waals surface area contributed by atoms with Crippen molar-refractivity contribution in [2.45, 2.75) is 35.8 Å². The Hall–Kier alpha value is -2.54. The molecule has 0 aromatic rings. The fourth-order valence-corrected chi connectivity index (χ4v) is 1.54. The number of ether oxygens (including phenoxy) is 4. The molecule has 1 unspecified atom stereocenters. The summed E-state index contributed by atoms with van der Waals surface area (Å²) in [6.45, 7) is 0. The largest absolute Gasteiger partial charge is 0.471 e. The van der Waals surface area contributed by atoms with Crippen LogP contribution in [-0.4, -0.2) is 62.0 Å². The quantitative estimate of drug-likeness (QED) is 0.263. The number of esters is 2. The Morgan fingerprint density at radius 3 is 1.22 bits per heavy atom. The third-order valence-electron chi connectivity index (χ3n) is 3.08. The minimum Gasteiger partial charge on any atom is -0.464 e. The molecule has 188 valence electrons. The summed E-state index contributed by atoms with van der Waals surface area (Å²) >= 11 is 0. The van der Waals surface area contributed by atoms with Gasteiger partial charge in [0.15, 0.2) is 0 Å². The molecular weight excluding hydrogens is 506 g/mol. The Morgan fingerprint density at radius 1 is 0.625 bits per heavy atom. The molecule has 0 saturated heterocycles. The summed E-state index contributed by atoms with van der Waals surface area (Å²) in [5.74, 6) is -36.2. The Kier molecular flexibility index (Phi) is 8.08. The standard InChI is InChI=1S/C12H6F14O6/c1-29-5(27)7(16,17)9(20,8(18,19)6(28)30-2)32-10(21,11(22,23)24)12(25,26)31-4(15)3(13)14/h1-2H3. The molecule has 0 fully saturated rings. The molecule has 0 spiro atoms. The number of alkyl halides is 11. The number of halogens is 14.